The molecule has 38 heavy (non-hydrogen) atoms. The third-order valence-corrected chi connectivity index (χ3v) is 10.2. The summed E-state index contributed by atoms with van der Waals surface area (Å²) in [6.07, 6.45) is 2.81. The maximum Gasteiger partial charge on any atom is 0.202 e. The Morgan fingerprint density at radius 2 is 1.79 bits per heavy atom. The fourth-order valence-corrected chi connectivity index (χ4v) is 8.52. The van der Waals surface area contributed by atoms with Gasteiger partial charge in [0.25, 0.3) is 0 Å². The largest absolute Gasteiger partial charge is 0.508 e. The van der Waals surface area contributed by atoms with E-state index in [1.54, 1.807) is 23.9 Å². The number of rotatable bonds is 5. The van der Waals surface area contributed by atoms with E-state index in [1.165, 1.54) is 25.1 Å². The number of carbonyl (C=O) groups excluding carboxylic acids is 3. The van der Waals surface area contributed by atoms with Crippen LogP contribution in [0.25, 0.3) is 5.76 Å². The van der Waals surface area contributed by atoms with Crippen molar-refractivity contribution in [1.29, 1.82) is 0 Å². The highest BCUT2D eigenvalue weighted by atomic mass is 32.2. The Balaban J connectivity index is 1.73. The van der Waals surface area contributed by atoms with Crippen LogP contribution in [-0.2, 0) is 14.4 Å². The van der Waals surface area contributed by atoms with Gasteiger partial charge in [0.05, 0.1) is 23.6 Å². The van der Waals surface area contributed by atoms with Crippen LogP contribution in [0.3, 0.4) is 0 Å². The number of phenolic OH excluding ortho intramolecular Hbond substituents is 1. The van der Waals surface area contributed by atoms with Gasteiger partial charge in [-0.05, 0) is 45.5 Å². The fourth-order valence-electron chi connectivity index (χ4n) is 6.99. The Morgan fingerprint density at radius 3 is 2.39 bits per heavy atom. The summed E-state index contributed by atoms with van der Waals surface area (Å²) in [6.45, 7) is 1.05. The van der Waals surface area contributed by atoms with Crippen molar-refractivity contribution in [2.75, 3.05) is 19.8 Å². The number of carbonyl (C=O) groups is 3. The Morgan fingerprint density at radius 1 is 1.13 bits per heavy atom. The molecule has 0 aliphatic heterocycles. The molecular formula is C28H33NO8S. The number of hydrogen-bond acceptors (Lipinski definition) is 10. The number of benzene rings is 1. The molecule has 4 aliphatic rings. The number of aliphatic hydroxyl groups is 4. The van der Waals surface area contributed by atoms with Crippen LogP contribution in [0.2, 0.25) is 0 Å². The molecule has 0 amide bonds. The molecule has 9 nitrogen and oxygen atoms in total. The molecule has 10 heteroatoms. The third kappa shape index (κ3) is 3.68. The summed E-state index contributed by atoms with van der Waals surface area (Å²) < 4.78 is 0. The quantitative estimate of drug-likeness (QED) is 0.349. The predicted molar refractivity (Wildman–Crippen MR) is 141 cm³/mol. The molecule has 0 bridgehead atoms. The topological polar surface area (TPSA) is 156 Å². The lowest BCUT2D eigenvalue weighted by molar-refractivity contribution is -0.169. The van der Waals surface area contributed by atoms with E-state index in [4.69, 9.17) is 0 Å². The van der Waals surface area contributed by atoms with Crippen LogP contribution in [0, 0.1) is 11.8 Å². The summed E-state index contributed by atoms with van der Waals surface area (Å²) in [5.41, 5.74) is -3.23. The lowest BCUT2D eigenvalue weighted by atomic mass is 9.54. The number of fused-ring (bicyclic) bond motifs is 3. The van der Waals surface area contributed by atoms with Crippen LogP contribution in [0.5, 0.6) is 5.75 Å². The molecule has 6 atom stereocenters. The van der Waals surface area contributed by atoms with Crippen molar-refractivity contribution in [1.82, 2.24) is 4.90 Å². The second-order valence-corrected chi connectivity index (χ2v) is 12.4. The van der Waals surface area contributed by atoms with Crippen molar-refractivity contribution >= 4 is 34.9 Å². The van der Waals surface area contributed by atoms with Gasteiger partial charge in [-0.3, -0.25) is 19.3 Å². The van der Waals surface area contributed by atoms with Crippen LogP contribution in [-0.4, -0.2) is 90.6 Å². The number of thioether (sulfide) groups is 1. The molecule has 2 fully saturated rings. The average molecular weight is 544 g/mol. The molecule has 0 aromatic heterocycles. The highest BCUT2D eigenvalue weighted by molar-refractivity contribution is 7.99. The molecule has 2 unspecified atom stereocenters. The molecule has 0 saturated heterocycles. The van der Waals surface area contributed by atoms with Gasteiger partial charge in [0, 0.05) is 28.4 Å². The zero-order chi connectivity index (χ0) is 27.7. The maximum atomic E-state index is 14.1. The highest BCUT2D eigenvalue weighted by Crippen LogP contribution is 2.57. The minimum Gasteiger partial charge on any atom is -0.508 e. The number of aliphatic hydroxyl groups excluding tert-OH is 3. The molecule has 204 valence electrons. The number of ketones is 3. The molecule has 1 aromatic rings. The second kappa shape index (κ2) is 9.51. The first-order valence-electron chi connectivity index (χ1n) is 12.9. The first-order valence-corrected chi connectivity index (χ1v) is 13.9. The van der Waals surface area contributed by atoms with E-state index in [-0.39, 0.29) is 16.9 Å². The molecule has 0 spiro atoms. The highest BCUT2D eigenvalue weighted by Gasteiger charge is 2.68. The van der Waals surface area contributed by atoms with Gasteiger partial charge in [-0.1, -0.05) is 25.0 Å². The van der Waals surface area contributed by atoms with E-state index in [9.17, 15) is 39.9 Å². The molecule has 1 aromatic carbocycles. The van der Waals surface area contributed by atoms with Crippen molar-refractivity contribution < 1.29 is 39.9 Å². The number of Topliss-reactive ketones (excluding diaryl/α,β-unsaturated/α-hetero) is 3. The van der Waals surface area contributed by atoms with Crippen LogP contribution >= 0.6 is 11.8 Å². The van der Waals surface area contributed by atoms with Gasteiger partial charge in [-0.25, -0.2) is 0 Å². The van der Waals surface area contributed by atoms with Gasteiger partial charge in [0.1, 0.15) is 22.8 Å². The first kappa shape index (κ1) is 26.9. The zero-order valence-corrected chi connectivity index (χ0v) is 22.4. The predicted octanol–water partition coefficient (Wildman–Crippen LogP) is 2.26. The minimum absolute atomic E-state index is 0.0460. The second-order valence-electron chi connectivity index (χ2n) is 11.0. The van der Waals surface area contributed by atoms with Crippen LogP contribution in [0.15, 0.2) is 35.1 Å². The molecule has 4 aliphatic carbocycles. The molecule has 5 N–H and O–H groups in total. The van der Waals surface area contributed by atoms with Gasteiger partial charge in [0.2, 0.25) is 5.78 Å². The van der Waals surface area contributed by atoms with Crippen molar-refractivity contribution in [3.05, 3.63) is 46.2 Å². The van der Waals surface area contributed by atoms with Crippen molar-refractivity contribution in [2.45, 2.75) is 61.5 Å². The zero-order valence-electron chi connectivity index (χ0n) is 21.5. The van der Waals surface area contributed by atoms with Crippen molar-refractivity contribution in [3.8, 4) is 5.75 Å². The Labute approximate surface area is 224 Å². The standard InChI is InChI=1S/C28H33NO8S/c1-12(30)17-25(34)22(29(2)3)21-24(33)19-15(11-38-13-7-4-5-8-13)14-9-6-10-16(31)18(14)23(32)20(19)27(36)28(21,37)26(17)35/h6,9-10,13,15,19,21-22,24,31-33,35,37H,4-5,7-8,11H2,1-3H3/t15-,19?,21?,22-,24-,28+/m0/s1. The Kier molecular flexibility index (Phi) is 6.74. The fraction of sp³-hybridized carbons (Fsp3) is 0.536. The maximum absolute atomic E-state index is 14.1. The Bertz CT molecular complexity index is 1280. The van der Waals surface area contributed by atoms with Gasteiger partial charge in [-0.2, -0.15) is 11.8 Å². The minimum atomic E-state index is -2.83. The van der Waals surface area contributed by atoms with E-state index in [0.717, 1.165) is 32.6 Å². The summed E-state index contributed by atoms with van der Waals surface area (Å²) >= 11 is 1.71. The molecule has 0 radical (unpaired) electrons. The summed E-state index contributed by atoms with van der Waals surface area (Å²) in [4.78, 5) is 41.3. The third-order valence-electron chi connectivity index (χ3n) is 8.72. The molecular weight excluding hydrogens is 510 g/mol. The first-order chi connectivity index (χ1) is 17.9. The number of phenols is 1. The van der Waals surface area contributed by atoms with Crippen LogP contribution in [0.1, 0.15) is 49.7 Å². The van der Waals surface area contributed by atoms with E-state index < -0.39 is 69.9 Å². The van der Waals surface area contributed by atoms with E-state index in [2.05, 4.69) is 0 Å². The van der Waals surface area contributed by atoms with E-state index in [1.807, 2.05) is 0 Å². The van der Waals surface area contributed by atoms with E-state index >= 15 is 0 Å². The Hall–Kier alpha value is -2.66. The monoisotopic (exact) mass is 543 g/mol. The van der Waals surface area contributed by atoms with Crippen molar-refractivity contribution in [3.63, 3.8) is 0 Å². The van der Waals surface area contributed by atoms with Crippen molar-refractivity contribution in [2.24, 2.45) is 11.8 Å². The summed E-state index contributed by atoms with van der Waals surface area (Å²) in [7, 11) is 3.07. The van der Waals surface area contributed by atoms with Crippen LogP contribution < -0.4 is 0 Å². The molecule has 2 saturated carbocycles. The summed E-state index contributed by atoms with van der Waals surface area (Å²) in [6, 6.07) is 3.46. The summed E-state index contributed by atoms with van der Waals surface area (Å²) in [5, 5.41) is 57.3. The average Bonchev–Trinajstić information content (AvgIpc) is 3.37. The lowest BCUT2D eigenvalue weighted by Crippen LogP contribution is -2.70. The summed E-state index contributed by atoms with van der Waals surface area (Å²) in [5.74, 6) is -7.23. The van der Waals surface area contributed by atoms with E-state index in [0.29, 0.717) is 16.6 Å². The normalized spacial score (nSPS) is 33.5. The number of aromatic hydroxyl groups is 1. The smallest absolute Gasteiger partial charge is 0.202 e. The number of hydrogen-bond donors (Lipinski definition) is 5. The lowest BCUT2D eigenvalue weighted by Gasteiger charge is -2.54. The number of likely N-dealkylation sites (N-methyl/N-ethyl adjacent to an activating group) is 1. The SMILES string of the molecule is CC(=O)C1=C(O)[C@@]2(O)C(=O)C3=C(O)c4c(O)cccc4[C@H](CSC4CCCC4)C3[C@H](O)C2[C@H](N(C)C)C1=O. The molecule has 5 rings (SSSR count). The van der Waals surface area contributed by atoms with Gasteiger partial charge in [-0.15, -0.1) is 0 Å². The van der Waals surface area contributed by atoms with Gasteiger partial charge < -0.3 is 25.5 Å². The van der Waals surface area contributed by atoms with Crippen LogP contribution in [0.4, 0.5) is 0 Å². The molecule has 0 heterocycles. The van der Waals surface area contributed by atoms with Gasteiger partial charge >= 0.3 is 0 Å². The number of nitrogens with zero attached hydrogens (tertiary/aromatic N) is 1. The van der Waals surface area contributed by atoms with Gasteiger partial charge in [0.15, 0.2) is 17.2 Å².